The van der Waals surface area contributed by atoms with Crippen LogP contribution in [0.4, 0.5) is 0 Å². The molecule has 1 fully saturated rings. The van der Waals surface area contributed by atoms with E-state index >= 15 is 0 Å². The second kappa shape index (κ2) is 5.97. The second-order valence-electron chi connectivity index (χ2n) is 5.40. The molecule has 3 rings (SSSR count). The fourth-order valence-corrected chi connectivity index (χ4v) is 2.67. The number of rotatable bonds is 4. The number of hydrogen-bond donors (Lipinski definition) is 2. The fourth-order valence-electron chi connectivity index (χ4n) is 2.67. The van der Waals surface area contributed by atoms with Gasteiger partial charge in [-0.25, -0.2) is 4.68 Å². The van der Waals surface area contributed by atoms with Crippen molar-refractivity contribution in [1.82, 2.24) is 20.3 Å². The number of carbonyl (C=O) groups excluding carboxylic acids is 1. The molecule has 7 heteroatoms. The Labute approximate surface area is 126 Å². The number of nitrogens with one attached hydrogen (secondary N) is 1. The van der Waals surface area contributed by atoms with Crippen LogP contribution in [-0.4, -0.2) is 38.0 Å². The Morgan fingerprint density at radius 3 is 2.68 bits per heavy atom. The number of aromatic nitrogens is 3. The Bertz CT molecular complexity index is 683. The van der Waals surface area contributed by atoms with E-state index in [0.717, 1.165) is 5.69 Å². The molecule has 2 aromatic rings. The molecule has 114 valence electrons. The molecule has 0 bridgehead atoms. The van der Waals surface area contributed by atoms with E-state index in [0.29, 0.717) is 19.3 Å². The third-order valence-corrected chi connectivity index (χ3v) is 3.86. The normalized spacial score (nSPS) is 20.7. The van der Waals surface area contributed by atoms with Gasteiger partial charge in [0.25, 0.3) is 5.91 Å². The van der Waals surface area contributed by atoms with Crippen molar-refractivity contribution in [2.45, 2.75) is 25.3 Å². The van der Waals surface area contributed by atoms with Crippen LogP contribution in [-0.2, 0) is 4.79 Å². The Morgan fingerprint density at radius 1 is 1.23 bits per heavy atom. The summed E-state index contributed by atoms with van der Waals surface area (Å²) in [5, 5.41) is 19.6. The van der Waals surface area contributed by atoms with Crippen molar-refractivity contribution in [3.63, 3.8) is 0 Å². The van der Waals surface area contributed by atoms with Crippen LogP contribution in [0.15, 0.2) is 36.5 Å². The van der Waals surface area contributed by atoms with Crippen molar-refractivity contribution in [3.05, 3.63) is 42.2 Å². The highest BCUT2D eigenvalue weighted by atomic mass is 16.4. The predicted octanol–water partition coefficient (Wildman–Crippen LogP) is 1.25. The molecule has 1 aliphatic carbocycles. The van der Waals surface area contributed by atoms with Crippen molar-refractivity contribution in [1.29, 1.82) is 0 Å². The molecule has 0 spiro atoms. The zero-order valence-electron chi connectivity index (χ0n) is 11.8. The van der Waals surface area contributed by atoms with Crippen molar-refractivity contribution >= 4 is 11.9 Å². The molecule has 1 amide bonds. The van der Waals surface area contributed by atoms with Crippen LogP contribution in [0.5, 0.6) is 0 Å². The summed E-state index contributed by atoms with van der Waals surface area (Å²) in [6.45, 7) is 0. The minimum atomic E-state index is -0.799. The van der Waals surface area contributed by atoms with E-state index < -0.39 is 5.97 Å². The van der Waals surface area contributed by atoms with Gasteiger partial charge in [-0.15, -0.1) is 5.10 Å². The van der Waals surface area contributed by atoms with E-state index in [1.54, 1.807) is 6.20 Å². The zero-order valence-corrected chi connectivity index (χ0v) is 11.8. The summed E-state index contributed by atoms with van der Waals surface area (Å²) >= 11 is 0. The summed E-state index contributed by atoms with van der Waals surface area (Å²) < 4.78 is 1.53. The number of para-hydroxylation sites is 1. The third kappa shape index (κ3) is 2.98. The second-order valence-corrected chi connectivity index (χ2v) is 5.40. The highest BCUT2D eigenvalue weighted by Crippen LogP contribution is 2.25. The summed E-state index contributed by atoms with van der Waals surface area (Å²) in [4.78, 5) is 23.1. The highest BCUT2D eigenvalue weighted by Gasteiger charge is 2.31. The van der Waals surface area contributed by atoms with Gasteiger partial charge in [-0.2, -0.15) is 0 Å². The Morgan fingerprint density at radius 2 is 2.00 bits per heavy atom. The van der Waals surface area contributed by atoms with Gasteiger partial charge in [0.05, 0.1) is 17.8 Å². The number of carbonyl (C=O) groups is 2. The number of carboxylic acids is 1. The van der Waals surface area contributed by atoms with Crippen LogP contribution in [0.2, 0.25) is 0 Å². The molecule has 0 unspecified atom stereocenters. The quantitative estimate of drug-likeness (QED) is 0.885. The van der Waals surface area contributed by atoms with Gasteiger partial charge in [0.1, 0.15) is 0 Å². The SMILES string of the molecule is O=C(N[C@H]1CC[C@@H](C(=O)O)C1)c1cn(-c2ccccc2)nn1. The molecule has 1 aliphatic rings. The van der Waals surface area contributed by atoms with E-state index in [1.807, 2.05) is 30.3 Å². The molecule has 7 nitrogen and oxygen atoms in total. The Hall–Kier alpha value is -2.70. The van der Waals surface area contributed by atoms with E-state index in [9.17, 15) is 9.59 Å². The van der Waals surface area contributed by atoms with Gasteiger partial charge in [0.15, 0.2) is 5.69 Å². The molecule has 1 aromatic heterocycles. The maximum absolute atomic E-state index is 12.1. The van der Waals surface area contributed by atoms with Crippen LogP contribution in [0.1, 0.15) is 29.8 Å². The molecule has 0 aliphatic heterocycles. The zero-order chi connectivity index (χ0) is 15.5. The fraction of sp³-hybridized carbons (Fsp3) is 0.333. The summed E-state index contributed by atoms with van der Waals surface area (Å²) in [5.74, 6) is -1.49. The van der Waals surface area contributed by atoms with Gasteiger partial charge in [-0.05, 0) is 31.4 Å². The van der Waals surface area contributed by atoms with Crippen LogP contribution < -0.4 is 5.32 Å². The number of amides is 1. The highest BCUT2D eigenvalue weighted by molar-refractivity contribution is 5.92. The van der Waals surface area contributed by atoms with Gasteiger partial charge in [-0.3, -0.25) is 9.59 Å². The van der Waals surface area contributed by atoms with Crippen LogP contribution >= 0.6 is 0 Å². The van der Waals surface area contributed by atoms with Crippen molar-refractivity contribution in [3.8, 4) is 5.69 Å². The minimum Gasteiger partial charge on any atom is -0.481 e. The molecule has 2 N–H and O–H groups in total. The van der Waals surface area contributed by atoms with E-state index in [4.69, 9.17) is 5.11 Å². The standard InChI is InChI=1S/C15H16N4O3/c20-14(16-11-7-6-10(8-11)15(21)22)13-9-19(18-17-13)12-4-2-1-3-5-12/h1-5,9-11H,6-8H2,(H,16,20)(H,21,22)/t10-,11+/m1/s1. The molecule has 1 aromatic carbocycles. The lowest BCUT2D eigenvalue weighted by Gasteiger charge is -2.10. The number of carboxylic acid groups (broad SMARTS) is 1. The Kier molecular flexibility index (Phi) is 3.86. The molecule has 22 heavy (non-hydrogen) atoms. The van der Waals surface area contributed by atoms with Crippen LogP contribution in [0.25, 0.3) is 5.69 Å². The maximum Gasteiger partial charge on any atom is 0.306 e. The third-order valence-electron chi connectivity index (χ3n) is 3.86. The molecule has 1 saturated carbocycles. The van der Waals surface area contributed by atoms with Gasteiger partial charge in [0, 0.05) is 6.04 Å². The summed E-state index contributed by atoms with van der Waals surface area (Å²) in [5.41, 5.74) is 1.04. The summed E-state index contributed by atoms with van der Waals surface area (Å²) in [6, 6.07) is 9.26. The van der Waals surface area contributed by atoms with Crippen molar-refractivity contribution < 1.29 is 14.7 Å². The number of hydrogen-bond acceptors (Lipinski definition) is 4. The number of nitrogens with zero attached hydrogens (tertiary/aromatic N) is 3. The lowest BCUT2D eigenvalue weighted by Crippen LogP contribution is -2.33. The monoisotopic (exact) mass is 300 g/mol. The van der Waals surface area contributed by atoms with Gasteiger partial charge in [0.2, 0.25) is 0 Å². The molecule has 0 saturated heterocycles. The first-order valence-electron chi connectivity index (χ1n) is 7.15. The minimum absolute atomic E-state index is 0.115. The van der Waals surface area contributed by atoms with Gasteiger partial charge >= 0.3 is 5.97 Å². The van der Waals surface area contributed by atoms with Gasteiger partial charge in [-0.1, -0.05) is 23.4 Å². The van der Waals surface area contributed by atoms with E-state index in [1.165, 1.54) is 4.68 Å². The number of benzene rings is 1. The largest absolute Gasteiger partial charge is 0.481 e. The molecular formula is C15H16N4O3. The Balaban J connectivity index is 1.64. The first kappa shape index (κ1) is 14.2. The lowest BCUT2D eigenvalue weighted by molar-refractivity contribution is -0.141. The topological polar surface area (TPSA) is 97.1 Å². The molecule has 1 heterocycles. The first-order valence-corrected chi connectivity index (χ1v) is 7.15. The van der Waals surface area contributed by atoms with E-state index in [2.05, 4.69) is 15.6 Å². The number of aliphatic carboxylic acids is 1. The molecular weight excluding hydrogens is 284 g/mol. The average molecular weight is 300 g/mol. The first-order chi connectivity index (χ1) is 10.6. The summed E-state index contributed by atoms with van der Waals surface area (Å²) in [6.07, 6.45) is 3.30. The molecule has 2 atom stereocenters. The average Bonchev–Trinajstić information content (AvgIpc) is 3.17. The van der Waals surface area contributed by atoms with Crippen molar-refractivity contribution in [2.75, 3.05) is 0 Å². The van der Waals surface area contributed by atoms with Crippen LogP contribution in [0, 0.1) is 5.92 Å². The predicted molar refractivity (Wildman–Crippen MR) is 77.6 cm³/mol. The smallest absolute Gasteiger partial charge is 0.306 e. The summed E-state index contributed by atoms with van der Waals surface area (Å²) in [7, 11) is 0. The van der Waals surface area contributed by atoms with E-state index in [-0.39, 0.29) is 23.6 Å². The van der Waals surface area contributed by atoms with Crippen molar-refractivity contribution in [2.24, 2.45) is 5.92 Å². The lowest BCUT2D eigenvalue weighted by atomic mass is 10.1. The van der Waals surface area contributed by atoms with Gasteiger partial charge < -0.3 is 10.4 Å². The maximum atomic E-state index is 12.1. The molecule has 0 radical (unpaired) electrons. The van der Waals surface area contributed by atoms with Crippen LogP contribution in [0.3, 0.4) is 0 Å².